The zero-order valence-electron chi connectivity index (χ0n) is 12.3. The third-order valence-corrected chi connectivity index (χ3v) is 3.68. The number of hydrogen-bond acceptors (Lipinski definition) is 4. The lowest BCUT2D eigenvalue weighted by Crippen LogP contribution is -2.08. The molecule has 0 aromatic heterocycles. The van der Waals surface area contributed by atoms with E-state index >= 15 is 0 Å². The summed E-state index contributed by atoms with van der Waals surface area (Å²) in [5.74, 6) is -0.954. The quantitative estimate of drug-likeness (QED) is 0.535. The lowest BCUT2D eigenvalue weighted by molar-refractivity contribution is 0.0602. The van der Waals surface area contributed by atoms with Crippen molar-refractivity contribution < 1.29 is 19.1 Å². The zero-order chi connectivity index (χ0) is 15.7. The van der Waals surface area contributed by atoms with Gasteiger partial charge in [-0.05, 0) is 28.3 Å². The highest BCUT2D eigenvalue weighted by molar-refractivity contribution is 6.21. The molecule has 110 valence electrons. The van der Waals surface area contributed by atoms with Crippen molar-refractivity contribution in [1.29, 1.82) is 0 Å². The molecular weight excluding hydrogens is 280 g/mol. The van der Waals surface area contributed by atoms with Crippen LogP contribution in [-0.4, -0.2) is 26.2 Å². The maximum absolute atomic E-state index is 12.3. The van der Waals surface area contributed by atoms with Crippen LogP contribution >= 0.6 is 0 Å². The van der Waals surface area contributed by atoms with Crippen molar-refractivity contribution in [2.24, 2.45) is 0 Å². The van der Waals surface area contributed by atoms with Gasteiger partial charge in [-0.2, -0.15) is 0 Å². The summed E-state index contributed by atoms with van der Waals surface area (Å²) in [6, 6.07) is 14.7. The number of hydrogen-bond donors (Lipinski definition) is 0. The molecule has 4 nitrogen and oxygen atoms in total. The molecule has 0 spiro atoms. The van der Waals surface area contributed by atoms with E-state index in [1.165, 1.54) is 14.2 Å². The van der Waals surface area contributed by atoms with Crippen LogP contribution in [0, 0.1) is 0 Å². The predicted molar refractivity (Wildman–Crippen MR) is 84.1 cm³/mol. The first-order chi connectivity index (χ1) is 10.7. The highest BCUT2D eigenvalue weighted by atomic mass is 16.5. The lowest BCUT2D eigenvalue weighted by Gasteiger charge is -2.12. The molecule has 0 aliphatic heterocycles. The molecule has 0 saturated heterocycles. The van der Waals surface area contributed by atoms with Gasteiger partial charge in [0.05, 0.1) is 25.3 Å². The highest BCUT2D eigenvalue weighted by Gasteiger charge is 2.20. The number of rotatable bonds is 2. The summed E-state index contributed by atoms with van der Waals surface area (Å²) in [5.41, 5.74) is 0.739. The highest BCUT2D eigenvalue weighted by Crippen LogP contribution is 2.31. The molecule has 0 atom stereocenters. The Morgan fingerprint density at radius 2 is 1.50 bits per heavy atom. The average Bonchev–Trinajstić information content (AvgIpc) is 2.57. The number of carbonyl (C=O) groups excluding carboxylic acids is 2. The molecule has 0 bridgehead atoms. The van der Waals surface area contributed by atoms with Crippen molar-refractivity contribution >= 4 is 33.5 Å². The van der Waals surface area contributed by atoms with Crippen LogP contribution in [0.1, 0.15) is 20.7 Å². The Kier molecular flexibility index (Phi) is 3.51. The number of methoxy groups -OCH3 is 2. The first-order valence-corrected chi connectivity index (χ1v) is 6.78. The molecule has 0 unspecified atom stereocenters. The number of esters is 2. The molecule has 0 radical (unpaired) electrons. The van der Waals surface area contributed by atoms with Gasteiger partial charge >= 0.3 is 11.9 Å². The van der Waals surface area contributed by atoms with Gasteiger partial charge in [-0.15, -0.1) is 0 Å². The van der Waals surface area contributed by atoms with Gasteiger partial charge in [0, 0.05) is 5.39 Å². The fourth-order valence-corrected chi connectivity index (χ4v) is 2.72. The van der Waals surface area contributed by atoms with E-state index in [0.29, 0.717) is 16.5 Å². The third kappa shape index (κ3) is 2.09. The van der Waals surface area contributed by atoms with E-state index in [4.69, 9.17) is 9.47 Å². The van der Waals surface area contributed by atoms with Crippen LogP contribution in [0.15, 0.2) is 48.5 Å². The average molecular weight is 294 g/mol. The van der Waals surface area contributed by atoms with Crippen LogP contribution in [0.4, 0.5) is 0 Å². The van der Waals surface area contributed by atoms with Gasteiger partial charge in [0.1, 0.15) is 0 Å². The molecule has 3 rings (SSSR count). The summed E-state index contributed by atoms with van der Waals surface area (Å²) in [6.07, 6.45) is 0. The Morgan fingerprint density at radius 1 is 0.818 bits per heavy atom. The molecule has 0 N–H and O–H groups in total. The third-order valence-electron chi connectivity index (χ3n) is 3.68. The molecule has 0 aliphatic carbocycles. The van der Waals surface area contributed by atoms with Crippen molar-refractivity contribution in [3.05, 3.63) is 59.7 Å². The standard InChI is InChI=1S/C18H14O4/c1-21-17(19)14-9-5-7-12-10-11-6-3-4-8-13(11)16(15(12)14)18(20)22-2/h3-10H,1-2H3. The minimum Gasteiger partial charge on any atom is -0.465 e. The molecule has 0 fully saturated rings. The molecule has 22 heavy (non-hydrogen) atoms. The minimum absolute atomic E-state index is 0.353. The fraction of sp³-hybridized carbons (Fsp3) is 0.111. The molecule has 4 heteroatoms. The summed E-state index contributed by atoms with van der Waals surface area (Å²) in [7, 11) is 2.65. The Balaban J connectivity index is 2.54. The largest absolute Gasteiger partial charge is 0.465 e. The van der Waals surface area contributed by atoms with Gasteiger partial charge in [-0.1, -0.05) is 36.4 Å². The molecule has 0 saturated carbocycles. The predicted octanol–water partition coefficient (Wildman–Crippen LogP) is 3.57. The summed E-state index contributed by atoms with van der Waals surface area (Å²) in [6.45, 7) is 0. The molecule has 3 aromatic rings. The lowest BCUT2D eigenvalue weighted by atomic mass is 9.93. The van der Waals surface area contributed by atoms with Crippen molar-refractivity contribution in [3.63, 3.8) is 0 Å². The molecule has 0 amide bonds. The second-order valence-corrected chi connectivity index (χ2v) is 4.86. The van der Waals surface area contributed by atoms with E-state index in [1.54, 1.807) is 12.1 Å². The summed E-state index contributed by atoms with van der Waals surface area (Å²) in [5, 5.41) is 3.01. The van der Waals surface area contributed by atoms with E-state index in [9.17, 15) is 9.59 Å². The van der Waals surface area contributed by atoms with E-state index in [0.717, 1.165) is 16.2 Å². The van der Waals surface area contributed by atoms with E-state index < -0.39 is 11.9 Å². The van der Waals surface area contributed by atoms with E-state index in [2.05, 4.69) is 0 Å². The SMILES string of the molecule is COC(=O)c1cccc2cc3ccccc3c(C(=O)OC)c12. The van der Waals surface area contributed by atoms with Crippen LogP contribution in [0.25, 0.3) is 21.5 Å². The minimum atomic E-state index is -0.481. The van der Waals surface area contributed by atoms with Crippen molar-refractivity contribution in [3.8, 4) is 0 Å². The summed E-state index contributed by atoms with van der Waals surface area (Å²) in [4.78, 5) is 24.4. The van der Waals surface area contributed by atoms with Gasteiger partial charge < -0.3 is 9.47 Å². The van der Waals surface area contributed by atoms with Crippen molar-refractivity contribution in [2.75, 3.05) is 14.2 Å². The van der Waals surface area contributed by atoms with Gasteiger partial charge in [0.25, 0.3) is 0 Å². The monoisotopic (exact) mass is 294 g/mol. The second kappa shape index (κ2) is 5.48. The Morgan fingerprint density at radius 3 is 2.23 bits per heavy atom. The number of fused-ring (bicyclic) bond motifs is 2. The Labute approximate surface area is 127 Å². The number of ether oxygens (including phenoxy) is 2. The van der Waals surface area contributed by atoms with Crippen LogP contribution in [0.5, 0.6) is 0 Å². The number of carbonyl (C=O) groups is 2. The van der Waals surface area contributed by atoms with Crippen LogP contribution in [-0.2, 0) is 9.47 Å². The maximum Gasteiger partial charge on any atom is 0.339 e. The zero-order valence-corrected chi connectivity index (χ0v) is 12.3. The van der Waals surface area contributed by atoms with E-state index in [-0.39, 0.29) is 0 Å². The van der Waals surface area contributed by atoms with Crippen LogP contribution in [0.2, 0.25) is 0 Å². The Bertz CT molecular complexity index is 896. The smallest absolute Gasteiger partial charge is 0.339 e. The second-order valence-electron chi connectivity index (χ2n) is 4.86. The van der Waals surface area contributed by atoms with Gasteiger partial charge in [0.15, 0.2) is 0 Å². The fourth-order valence-electron chi connectivity index (χ4n) is 2.72. The molecule has 0 heterocycles. The number of benzene rings is 3. The normalized spacial score (nSPS) is 10.6. The van der Waals surface area contributed by atoms with Crippen LogP contribution < -0.4 is 0 Å². The first kappa shape index (κ1) is 14.1. The van der Waals surface area contributed by atoms with Gasteiger partial charge in [-0.25, -0.2) is 9.59 Å². The van der Waals surface area contributed by atoms with Crippen molar-refractivity contribution in [2.45, 2.75) is 0 Å². The van der Waals surface area contributed by atoms with Crippen LogP contribution in [0.3, 0.4) is 0 Å². The Hall–Kier alpha value is -2.88. The van der Waals surface area contributed by atoms with E-state index in [1.807, 2.05) is 36.4 Å². The van der Waals surface area contributed by atoms with Gasteiger partial charge in [0.2, 0.25) is 0 Å². The summed E-state index contributed by atoms with van der Waals surface area (Å²) < 4.78 is 9.76. The first-order valence-electron chi connectivity index (χ1n) is 6.78. The molecule has 0 aliphatic rings. The topological polar surface area (TPSA) is 52.6 Å². The maximum atomic E-state index is 12.3. The van der Waals surface area contributed by atoms with Crippen molar-refractivity contribution in [1.82, 2.24) is 0 Å². The summed E-state index contributed by atoms with van der Waals surface area (Å²) >= 11 is 0. The van der Waals surface area contributed by atoms with Gasteiger partial charge in [-0.3, -0.25) is 0 Å². The molecule has 3 aromatic carbocycles. The molecular formula is C18H14O4.